The molecule has 0 radical (unpaired) electrons. The number of rotatable bonds is 5. The molecule has 26 heavy (non-hydrogen) atoms. The van der Waals surface area contributed by atoms with Crippen molar-refractivity contribution >= 4 is 40.1 Å². The molecule has 0 unspecified atom stereocenters. The maximum absolute atomic E-state index is 10.9. The van der Waals surface area contributed by atoms with Gasteiger partial charge in [-0.15, -0.1) is 16.9 Å². The molecule has 0 aliphatic carbocycles. The first-order chi connectivity index (χ1) is 12.6. The topological polar surface area (TPSA) is 105 Å². The number of hydrogen-bond acceptors (Lipinski definition) is 7. The van der Waals surface area contributed by atoms with Crippen LogP contribution in [0.25, 0.3) is 11.1 Å². The number of aliphatic hydroxyl groups is 1. The first kappa shape index (κ1) is 16.4. The van der Waals surface area contributed by atoms with Crippen molar-refractivity contribution in [1.82, 2.24) is 4.98 Å². The van der Waals surface area contributed by atoms with Gasteiger partial charge in [-0.25, -0.2) is 4.98 Å². The normalized spacial score (nSPS) is 14.0. The van der Waals surface area contributed by atoms with Crippen molar-refractivity contribution in [3.63, 3.8) is 0 Å². The summed E-state index contributed by atoms with van der Waals surface area (Å²) in [5.74, 6) is 1.10. The molecule has 1 N–H and O–H groups in total. The SMILES string of the molecule is O=[N+]([O-])c1ccc2nc(CSc3ccccc3N3CCC(O)=N3)oc2c1. The molecule has 8 nitrogen and oxygen atoms in total. The van der Waals surface area contributed by atoms with Gasteiger partial charge in [0.2, 0.25) is 11.8 Å². The molecule has 1 aromatic heterocycles. The number of nitro benzene ring substituents is 1. The van der Waals surface area contributed by atoms with E-state index in [9.17, 15) is 15.2 Å². The summed E-state index contributed by atoms with van der Waals surface area (Å²) < 4.78 is 5.65. The number of hydrazone groups is 1. The molecule has 0 saturated carbocycles. The zero-order valence-corrected chi connectivity index (χ0v) is 14.3. The zero-order valence-electron chi connectivity index (χ0n) is 13.5. The molecule has 1 aliphatic heterocycles. The van der Waals surface area contributed by atoms with Crippen LogP contribution < -0.4 is 5.01 Å². The number of para-hydroxylation sites is 1. The molecule has 4 rings (SSSR count). The fraction of sp³-hybridized carbons (Fsp3) is 0.176. The smallest absolute Gasteiger partial charge is 0.273 e. The van der Waals surface area contributed by atoms with Crippen molar-refractivity contribution in [2.75, 3.05) is 11.6 Å². The quantitative estimate of drug-likeness (QED) is 0.409. The summed E-state index contributed by atoms with van der Waals surface area (Å²) in [4.78, 5) is 15.8. The Morgan fingerprint density at radius 3 is 2.92 bits per heavy atom. The molecule has 2 heterocycles. The van der Waals surface area contributed by atoms with Gasteiger partial charge in [0.05, 0.1) is 29.0 Å². The maximum Gasteiger partial charge on any atom is 0.273 e. The minimum atomic E-state index is -0.460. The van der Waals surface area contributed by atoms with Crippen LogP contribution >= 0.6 is 11.8 Å². The molecule has 1 aliphatic rings. The van der Waals surface area contributed by atoms with Crippen molar-refractivity contribution < 1.29 is 14.4 Å². The lowest BCUT2D eigenvalue weighted by atomic mass is 10.3. The first-order valence-corrected chi connectivity index (χ1v) is 8.88. The molecule has 2 aromatic carbocycles. The number of oxazole rings is 1. The highest BCUT2D eigenvalue weighted by molar-refractivity contribution is 7.98. The number of anilines is 1. The molecule has 0 bridgehead atoms. The largest absolute Gasteiger partial charge is 0.495 e. The second-order valence-corrected chi connectivity index (χ2v) is 6.68. The monoisotopic (exact) mass is 370 g/mol. The molecule has 3 aromatic rings. The molecular formula is C17H14N4O4S. The van der Waals surface area contributed by atoms with Crippen LogP contribution in [-0.2, 0) is 5.75 Å². The van der Waals surface area contributed by atoms with Gasteiger partial charge in [0.1, 0.15) is 5.52 Å². The summed E-state index contributed by atoms with van der Waals surface area (Å²) in [6, 6.07) is 12.1. The van der Waals surface area contributed by atoms with Gasteiger partial charge in [0, 0.05) is 17.4 Å². The third kappa shape index (κ3) is 3.21. The Balaban J connectivity index is 1.54. The lowest BCUT2D eigenvalue weighted by molar-refractivity contribution is -0.384. The Bertz CT molecular complexity index is 1020. The Labute approximate surface area is 152 Å². The number of aliphatic hydroxyl groups excluding tert-OH is 1. The average Bonchev–Trinajstić information content (AvgIpc) is 3.25. The third-order valence-electron chi connectivity index (χ3n) is 3.90. The van der Waals surface area contributed by atoms with Crippen molar-refractivity contribution in [3.05, 3.63) is 58.5 Å². The van der Waals surface area contributed by atoms with Crippen LogP contribution in [0.3, 0.4) is 0 Å². The summed E-state index contributed by atoms with van der Waals surface area (Å²) in [5.41, 5.74) is 1.88. The van der Waals surface area contributed by atoms with Crippen LogP contribution in [0.15, 0.2) is 56.9 Å². The number of nitro groups is 1. The van der Waals surface area contributed by atoms with E-state index in [1.54, 1.807) is 11.1 Å². The van der Waals surface area contributed by atoms with Crippen molar-refractivity contribution in [1.29, 1.82) is 0 Å². The molecule has 0 fully saturated rings. The third-order valence-corrected chi connectivity index (χ3v) is 4.95. The maximum atomic E-state index is 10.9. The van der Waals surface area contributed by atoms with Crippen LogP contribution in [0.1, 0.15) is 12.3 Å². The van der Waals surface area contributed by atoms with Crippen LogP contribution in [0.4, 0.5) is 11.4 Å². The minimum absolute atomic E-state index is 0.0232. The minimum Gasteiger partial charge on any atom is -0.495 e. The highest BCUT2D eigenvalue weighted by Crippen LogP contribution is 2.34. The lowest BCUT2D eigenvalue weighted by Gasteiger charge is -2.16. The first-order valence-electron chi connectivity index (χ1n) is 7.90. The van der Waals surface area contributed by atoms with Gasteiger partial charge in [-0.3, -0.25) is 15.1 Å². The lowest BCUT2D eigenvalue weighted by Crippen LogP contribution is -2.12. The second-order valence-electron chi connectivity index (χ2n) is 5.66. The summed E-state index contributed by atoms with van der Waals surface area (Å²) in [5, 5.41) is 26.3. The number of fused-ring (bicyclic) bond motifs is 1. The van der Waals surface area contributed by atoms with Gasteiger partial charge in [0.15, 0.2) is 5.58 Å². The number of non-ortho nitro benzene ring substituents is 1. The zero-order chi connectivity index (χ0) is 18.1. The van der Waals surface area contributed by atoms with Gasteiger partial charge in [-0.2, -0.15) is 0 Å². The van der Waals surface area contributed by atoms with Crippen LogP contribution in [0.5, 0.6) is 0 Å². The van der Waals surface area contributed by atoms with E-state index in [1.807, 2.05) is 24.3 Å². The van der Waals surface area contributed by atoms with E-state index in [2.05, 4.69) is 10.1 Å². The van der Waals surface area contributed by atoms with Crippen LogP contribution in [-0.4, -0.2) is 27.5 Å². The summed E-state index contributed by atoms with van der Waals surface area (Å²) in [6.07, 6.45) is 0.531. The highest BCUT2D eigenvalue weighted by atomic mass is 32.2. The Hall–Kier alpha value is -3.07. The summed E-state index contributed by atoms with van der Waals surface area (Å²) >= 11 is 1.53. The van der Waals surface area contributed by atoms with Gasteiger partial charge in [-0.05, 0) is 18.2 Å². The van der Waals surface area contributed by atoms with Crippen LogP contribution in [0, 0.1) is 10.1 Å². The van der Waals surface area contributed by atoms with Crippen LogP contribution in [0.2, 0.25) is 0 Å². The van der Waals surface area contributed by atoms with E-state index in [-0.39, 0.29) is 11.6 Å². The predicted molar refractivity (Wildman–Crippen MR) is 98.7 cm³/mol. The van der Waals surface area contributed by atoms with Crippen molar-refractivity contribution in [2.45, 2.75) is 17.1 Å². The molecule has 132 valence electrons. The van der Waals surface area contributed by atoms with Gasteiger partial charge >= 0.3 is 0 Å². The van der Waals surface area contributed by atoms with E-state index in [0.717, 1.165) is 10.6 Å². The predicted octanol–water partition coefficient (Wildman–Crippen LogP) is 4.11. The number of aromatic nitrogens is 1. The number of thioether (sulfide) groups is 1. The van der Waals surface area contributed by atoms with Gasteiger partial charge < -0.3 is 9.52 Å². The Kier molecular flexibility index (Phi) is 4.21. The Morgan fingerprint density at radius 2 is 2.15 bits per heavy atom. The molecule has 9 heteroatoms. The van der Waals surface area contributed by atoms with Crippen molar-refractivity contribution in [2.24, 2.45) is 5.10 Å². The molecule has 0 saturated heterocycles. The fourth-order valence-electron chi connectivity index (χ4n) is 2.69. The van der Waals surface area contributed by atoms with Gasteiger partial charge in [-0.1, -0.05) is 12.1 Å². The molecule has 0 spiro atoms. The second kappa shape index (κ2) is 6.68. The Morgan fingerprint density at radius 1 is 1.31 bits per heavy atom. The number of benzene rings is 2. The van der Waals surface area contributed by atoms with E-state index in [0.29, 0.717) is 35.7 Å². The standard InChI is InChI=1S/C17H14N4O4S/c22-16-7-8-20(19-16)13-3-1-2-4-15(13)26-10-17-18-12-6-5-11(21(23)24)9-14(12)25-17/h1-6,9H,7-8,10H2,(H,19,22). The number of hydrogen-bond donors (Lipinski definition) is 1. The van der Waals surface area contributed by atoms with E-state index in [4.69, 9.17) is 4.42 Å². The van der Waals surface area contributed by atoms with E-state index >= 15 is 0 Å². The average molecular weight is 370 g/mol. The summed E-state index contributed by atoms with van der Waals surface area (Å²) in [7, 11) is 0. The molecule has 0 atom stereocenters. The highest BCUT2D eigenvalue weighted by Gasteiger charge is 2.18. The fourth-order valence-corrected chi connectivity index (χ4v) is 3.59. The van der Waals surface area contributed by atoms with Gasteiger partial charge in [0.25, 0.3) is 5.69 Å². The van der Waals surface area contributed by atoms with E-state index < -0.39 is 4.92 Å². The van der Waals surface area contributed by atoms with E-state index in [1.165, 1.54) is 23.9 Å². The summed E-state index contributed by atoms with van der Waals surface area (Å²) in [6.45, 7) is 0.635. The number of nitrogens with zero attached hydrogens (tertiary/aromatic N) is 4. The molecular weight excluding hydrogens is 356 g/mol. The molecule has 0 amide bonds. The van der Waals surface area contributed by atoms with Crippen molar-refractivity contribution in [3.8, 4) is 0 Å².